The van der Waals surface area contributed by atoms with Crippen LogP contribution in [0, 0.1) is 6.92 Å². The minimum absolute atomic E-state index is 0.232. The number of hydrogen-bond acceptors (Lipinski definition) is 4. The van der Waals surface area contributed by atoms with E-state index in [0.717, 1.165) is 43.6 Å². The number of hydrogen-bond donors (Lipinski definition) is 2. The van der Waals surface area contributed by atoms with Gasteiger partial charge in [0.1, 0.15) is 0 Å². The van der Waals surface area contributed by atoms with Crippen molar-refractivity contribution in [1.29, 1.82) is 0 Å². The van der Waals surface area contributed by atoms with Crippen LogP contribution in [0.5, 0.6) is 0 Å². The lowest BCUT2D eigenvalue weighted by atomic mass is 9.90. The summed E-state index contributed by atoms with van der Waals surface area (Å²) in [5, 5.41) is 3.40. The van der Waals surface area contributed by atoms with E-state index in [-0.39, 0.29) is 27.6 Å². The molecule has 0 radical (unpaired) electrons. The van der Waals surface area contributed by atoms with Crippen molar-refractivity contribution in [1.82, 2.24) is 25.2 Å². The van der Waals surface area contributed by atoms with Gasteiger partial charge in [0.05, 0.1) is 27.3 Å². The molecule has 1 aliphatic carbocycles. The molecule has 1 aromatic carbocycles. The van der Waals surface area contributed by atoms with Crippen LogP contribution in [0.4, 0.5) is 0 Å². The Labute approximate surface area is 227 Å². The molecule has 0 saturated carbocycles. The van der Waals surface area contributed by atoms with Crippen molar-refractivity contribution in [2.75, 3.05) is 0 Å². The summed E-state index contributed by atoms with van der Waals surface area (Å²) >= 11 is 12.3. The number of H-pyrrole nitrogens is 1. The molecule has 0 aliphatic heterocycles. The topological polar surface area (TPSA) is 73.9 Å². The number of pyridine rings is 2. The lowest BCUT2D eigenvalue weighted by Gasteiger charge is -2.35. The van der Waals surface area contributed by atoms with Crippen molar-refractivity contribution in [3.05, 3.63) is 117 Å². The van der Waals surface area contributed by atoms with E-state index >= 15 is 0 Å². The molecule has 0 saturated heterocycles. The van der Waals surface area contributed by atoms with Crippen LogP contribution in [-0.4, -0.2) is 25.8 Å². The molecule has 3 aromatic heterocycles. The lowest BCUT2D eigenvalue weighted by molar-refractivity contribution is 0.0951. The van der Waals surface area contributed by atoms with Crippen LogP contribution in [0.1, 0.15) is 63.0 Å². The standard InChI is InChI=1S/C29H29Cl2N5O/c1-19-10-11-23(35-19)18-36(26-9-3-7-22-8-4-12-33-28(22)26)17-21-6-2-5-20(13-21)14-34-29(37)27-24(30)15-32-16-25(27)31/h2,4-6,8,10-13,15-16,26,35H,3,7,9,14,17-18H2,1H3,(H,34,37). The zero-order valence-corrected chi connectivity index (χ0v) is 22.2. The van der Waals surface area contributed by atoms with Gasteiger partial charge < -0.3 is 10.3 Å². The minimum Gasteiger partial charge on any atom is -0.361 e. The third-order valence-electron chi connectivity index (χ3n) is 6.78. The van der Waals surface area contributed by atoms with E-state index in [1.165, 1.54) is 34.9 Å². The first kappa shape index (κ1) is 25.5. The number of aromatic amines is 1. The molecule has 3 heterocycles. The summed E-state index contributed by atoms with van der Waals surface area (Å²) in [6.45, 7) is 4.01. The predicted molar refractivity (Wildman–Crippen MR) is 147 cm³/mol. The van der Waals surface area contributed by atoms with Gasteiger partial charge in [-0.2, -0.15) is 0 Å². The molecule has 190 valence electrons. The summed E-state index contributed by atoms with van der Waals surface area (Å²) in [5.74, 6) is -0.323. The normalized spacial score (nSPS) is 15.0. The maximum absolute atomic E-state index is 12.7. The molecule has 0 fully saturated rings. The van der Waals surface area contributed by atoms with E-state index in [9.17, 15) is 4.79 Å². The Morgan fingerprint density at radius 1 is 1.08 bits per heavy atom. The van der Waals surface area contributed by atoms with Gasteiger partial charge in [0, 0.05) is 49.6 Å². The third-order valence-corrected chi connectivity index (χ3v) is 7.36. The van der Waals surface area contributed by atoms with Crippen molar-refractivity contribution < 1.29 is 4.79 Å². The molecule has 2 N–H and O–H groups in total. The molecular weight excluding hydrogens is 505 g/mol. The number of nitrogens with zero attached hydrogens (tertiary/aromatic N) is 3. The van der Waals surface area contributed by atoms with Crippen LogP contribution in [0.3, 0.4) is 0 Å². The summed E-state index contributed by atoms with van der Waals surface area (Å²) in [6, 6.07) is 17.1. The van der Waals surface area contributed by atoms with Gasteiger partial charge in [-0.1, -0.05) is 53.5 Å². The highest BCUT2D eigenvalue weighted by Crippen LogP contribution is 2.34. The zero-order valence-electron chi connectivity index (χ0n) is 20.7. The Kier molecular flexibility index (Phi) is 7.89. The number of benzene rings is 1. The molecule has 6 nitrogen and oxygen atoms in total. The number of carbonyl (C=O) groups excluding carboxylic acids is 1. The molecule has 8 heteroatoms. The molecule has 1 amide bonds. The SMILES string of the molecule is Cc1ccc(CN(Cc2cccc(CNC(=O)c3c(Cl)cncc3Cl)c2)C2CCCc3cccnc32)[nH]1. The Bertz CT molecular complexity index is 1380. The van der Waals surface area contributed by atoms with Gasteiger partial charge in [0.2, 0.25) is 0 Å². The van der Waals surface area contributed by atoms with E-state index in [2.05, 4.69) is 57.4 Å². The molecule has 37 heavy (non-hydrogen) atoms. The number of nitrogens with one attached hydrogen (secondary N) is 2. The van der Waals surface area contributed by atoms with Gasteiger partial charge in [-0.3, -0.25) is 19.7 Å². The fraction of sp³-hybridized carbons (Fsp3) is 0.276. The van der Waals surface area contributed by atoms with Crippen molar-refractivity contribution in [3.8, 4) is 0 Å². The van der Waals surface area contributed by atoms with Crippen LogP contribution in [0.25, 0.3) is 0 Å². The highest BCUT2D eigenvalue weighted by molar-refractivity contribution is 6.39. The quantitative estimate of drug-likeness (QED) is 0.273. The second-order valence-corrected chi connectivity index (χ2v) is 10.3. The highest BCUT2D eigenvalue weighted by atomic mass is 35.5. The molecule has 0 spiro atoms. The van der Waals surface area contributed by atoms with Crippen molar-refractivity contribution in [2.24, 2.45) is 0 Å². The number of amides is 1. The zero-order chi connectivity index (χ0) is 25.8. The first-order valence-corrected chi connectivity index (χ1v) is 13.2. The van der Waals surface area contributed by atoms with E-state index in [4.69, 9.17) is 28.2 Å². The van der Waals surface area contributed by atoms with Crippen LogP contribution in [-0.2, 0) is 26.1 Å². The van der Waals surface area contributed by atoms with Crippen LogP contribution < -0.4 is 5.32 Å². The Balaban J connectivity index is 1.35. The maximum atomic E-state index is 12.7. The van der Waals surface area contributed by atoms with Gasteiger partial charge in [-0.25, -0.2) is 0 Å². The number of fused-ring (bicyclic) bond motifs is 1. The maximum Gasteiger partial charge on any atom is 0.254 e. The largest absolute Gasteiger partial charge is 0.361 e. The molecule has 1 aliphatic rings. The Hall–Kier alpha value is -3.19. The first-order valence-electron chi connectivity index (χ1n) is 12.5. The fourth-order valence-electron chi connectivity index (χ4n) is 5.06. The molecule has 0 bridgehead atoms. The summed E-state index contributed by atoms with van der Waals surface area (Å²) < 4.78 is 0. The van der Waals surface area contributed by atoms with E-state index in [1.54, 1.807) is 0 Å². The molecule has 5 rings (SSSR count). The van der Waals surface area contributed by atoms with Crippen LogP contribution in [0.15, 0.2) is 67.1 Å². The van der Waals surface area contributed by atoms with Gasteiger partial charge >= 0.3 is 0 Å². The van der Waals surface area contributed by atoms with Crippen molar-refractivity contribution >= 4 is 29.1 Å². The number of aromatic nitrogens is 3. The summed E-state index contributed by atoms with van der Waals surface area (Å²) in [4.78, 5) is 27.4. The fourth-order valence-corrected chi connectivity index (χ4v) is 5.60. The van der Waals surface area contributed by atoms with E-state index < -0.39 is 0 Å². The molecule has 1 atom stereocenters. The van der Waals surface area contributed by atoms with Crippen molar-refractivity contribution in [3.63, 3.8) is 0 Å². The molecule has 4 aromatic rings. The smallest absolute Gasteiger partial charge is 0.254 e. The van der Waals surface area contributed by atoms with Crippen molar-refractivity contribution in [2.45, 2.75) is 51.9 Å². The van der Waals surface area contributed by atoms with E-state index in [1.807, 2.05) is 24.4 Å². The summed E-state index contributed by atoms with van der Waals surface area (Å²) in [7, 11) is 0. The summed E-state index contributed by atoms with van der Waals surface area (Å²) in [6.07, 6.45) is 8.04. The van der Waals surface area contributed by atoms with Gasteiger partial charge in [-0.15, -0.1) is 0 Å². The number of aryl methyl sites for hydroxylation is 2. The molecular formula is C29H29Cl2N5O. The summed E-state index contributed by atoms with van der Waals surface area (Å²) in [5.41, 5.74) is 7.30. The van der Waals surface area contributed by atoms with Gasteiger partial charge in [-0.05, 0) is 61.1 Å². The average molecular weight is 534 g/mol. The Morgan fingerprint density at radius 2 is 1.89 bits per heavy atom. The second kappa shape index (κ2) is 11.5. The number of halogens is 2. The first-order chi connectivity index (χ1) is 18.0. The minimum atomic E-state index is -0.323. The third kappa shape index (κ3) is 6.04. The van der Waals surface area contributed by atoms with Gasteiger partial charge in [0.15, 0.2) is 0 Å². The number of carbonyl (C=O) groups is 1. The van der Waals surface area contributed by atoms with Gasteiger partial charge in [0.25, 0.3) is 5.91 Å². The van der Waals surface area contributed by atoms with Crippen LogP contribution >= 0.6 is 23.2 Å². The highest BCUT2D eigenvalue weighted by Gasteiger charge is 2.27. The van der Waals surface area contributed by atoms with Crippen LogP contribution in [0.2, 0.25) is 10.0 Å². The van der Waals surface area contributed by atoms with E-state index in [0.29, 0.717) is 6.54 Å². The number of rotatable bonds is 8. The predicted octanol–water partition coefficient (Wildman–Crippen LogP) is 6.43. The average Bonchev–Trinajstić information content (AvgIpc) is 3.31. The Morgan fingerprint density at radius 3 is 2.68 bits per heavy atom. The monoisotopic (exact) mass is 533 g/mol. The second-order valence-electron chi connectivity index (χ2n) is 9.51. The lowest BCUT2D eigenvalue weighted by Crippen LogP contribution is -2.31. The molecule has 1 unspecified atom stereocenters.